The minimum absolute atomic E-state index is 0.668. The van der Waals surface area contributed by atoms with Crippen LogP contribution in [-0.4, -0.2) is 31.1 Å². The zero-order chi connectivity index (χ0) is 20.9. The maximum Gasteiger partial charge on any atom is 0.164 e. The van der Waals surface area contributed by atoms with Gasteiger partial charge in [-0.15, -0.1) is 0 Å². The Morgan fingerprint density at radius 1 is 0.567 bits per heavy atom. The molecule has 0 unspecified atom stereocenters. The van der Waals surface area contributed by atoms with E-state index in [0.717, 1.165) is 45.1 Å². The normalized spacial score (nSPS) is 10.5. The van der Waals surface area contributed by atoms with Gasteiger partial charge in [0.1, 0.15) is 0 Å². The molecule has 0 atom stereocenters. The third-order valence-electron chi connectivity index (χ3n) is 5.08. The molecule has 0 saturated carbocycles. The monoisotopic (exact) mass is 395 g/mol. The van der Waals surface area contributed by atoms with Crippen LogP contribution < -0.4 is 16.0 Å². The molecule has 1 aromatic heterocycles. The number of benzene rings is 3. The first-order chi connectivity index (χ1) is 14.7. The fourth-order valence-corrected chi connectivity index (χ4v) is 3.58. The van der Waals surface area contributed by atoms with Crippen LogP contribution in [-0.2, 0) is 0 Å². The number of nitrogens with zero attached hydrogens (tertiary/aromatic N) is 2. The number of anilines is 3. The molecule has 0 radical (unpaired) electrons. The Morgan fingerprint density at radius 3 is 1.53 bits per heavy atom. The Hall–Kier alpha value is -3.86. The summed E-state index contributed by atoms with van der Waals surface area (Å²) in [6.45, 7) is 0. The van der Waals surface area contributed by atoms with Crippen LogP contribution in [0.3, 0.4) is 0 Å². The Morgan fingerprint density at radius 2 is 1.07 bits per heavy atom. The minimum Gasteiger partial charge on any atom is -0.387 e. The molecule has 5 heteroatoms. The Balaban J connectivity index is 2.01. The molecule has 3 aromatic carbocycles. The molecule has 0 spiro atoms. The summed E-state index contributed by atoms with van der Waals surface area (Å²) in [6, 6.07) is 26.6. The van der Waals surface area contributed by atoms with Gasteiger partial charge in [0.25, 0.3) is 0 Å². The third-order valence-corrected chi connectivity index (χ3v) is 5.08. The molecule has 5 nitrogen and oxygen atoms in total. The lowest BCUT2D eigenvalue weighted by Gasteiger charge is -2.18. The number of nitrogens with one attached hydrogen (secondary N) is 3. The second kappa shape index (κ2) is 8.66. The van der Waals surface area contributed by atoms with Crippen LogP contribution in [0.5, 0.6) is 0 Å². The topological polar surface area (TPSA) is 61.9 Å². The van der Waals surface area contributed by atoms with Gasteiger partial charge < -0.3 is 16.0 Å². The van der Waals surface area contributed by atoms with Crippen LogP contribution in [0.4, 0.5) is 17.1 Å². The number of hydrogen-bond donors (Lipinski definition) is 3. The Bertz CT molecular complexity index is 1080. The van der Waals surface area contributed by atoms with Crippen LogP contribution in [0.2, 0.25) is 0 Å². The number of rotatable bonds is 6. The molecular formula is C25H25N5. The van der Waals surface area contributed by atoms with E-state index in [2.05, 4.69) is 40.2 Å². The maximum atomic E-state index is 4.97. The first-order valence-electron chi connectivity index (χ1n) is 9.95. The van der Waals surface area contributed by atoms with Gasteiger partial charge in [-0.25, -0.2) is 9.97 Å². The summed E-state index contributed by atoms with van der Waals surface area (Å²) in [7, 11) is 5.74. The highest BCUT2D eigenvalue weighted by Gasteiger charge is 2.18. The minimum atomic E-state index is 0.668. The Kier molecular flexibility index (Phi) is 5.61. The molecule has 3 N–H and O–H groups in total. The molecule has 0 bridgehead atoms. The van der Waals surface area contributed by atoms with Crippen LogP contribution >= 0.6 is 0 Å². The van der Waals surface area contributed by atoms with Gasteiger partial charge in [-0.3, -0.25) is 0 Å². The van der Waals surface area contributed by atoms with Crippen LogP contribution in [0, 0.1) is 0 Å². The van der Waals surface area contributed by atoms with E-state index in [1.54, 1.807) is 0 Å². The third kappa shape index (κ3) is 3.70. The van der Waals surface area contributed by atoms with Crippen molar-refractivity contribution >= 4 is 17.1 Å². The fourth-order valence-electron chi connectivity index (χ4n) is 3.58. The van der Waals surface area contributed by atoms with E-state index in [0.29, 0.717) is 5.82 Å². The predicted octanol–water partition coefficient (Wildman–Crippen LogP) is 5.60. The lowest BCUT2D eigenvalue weighted by Crippen LogP contribution is -2.05. The van der Waals surface area contributed by atoms with E-state index in [-0.39, 0.29) is 0 Å². The quantitative estimate of drug-likeness (QED) is 0.396. The molecule has 0 saturated heterocycles. The van der Waals surface area contributed by atoms with E-state index >= 15 is 0 Å². The summed E-state index contributed by atoms with van der Waals surface area (Å²) >= 11 is 0. The first-order valence-corrected chi connectivity index (χ1v) is 9.95. The molecule has 1 heterocycles. The van der Waals surface area contributed by atoms with Gasteiger partial charge in [0, 0.05) is 38.0 Å². The lowest BCUT2D eigenvalue weighted by molar-refractivity contribution is 1.18. The highest BCUT2D eigenvalue weighted by Crippen LogP contribution is 2.40. The van der Waals surface area contributed by atoms with Crippen molar-refractivity contribution in [3.8, 4) is 33.9 Å². The molecule has 0 fully saturated rings. The molecule has 4 aromatic rings. The molecule has 0 aliphatic heterocycles. The van der Waals surface area contributed by atoms with Crippen molar-refractivity contribution in [1.29, 1.82) is 0 Å². The maximum absolute atomic E-state index is 4.97. The molecule has 0 amide bonds. The van der Waals surface area contributed by atoms with Crippen molar-refractivity contribution in [3.05, 3.63) is 78.9 Å². The summed E-state index contributed by atoms with van der Waals surface area (Å²) < 4.78 is 0. The van der Waals surface area contributed by atoms with Crippen molar-refractivity contribution in [1.82, 2.24) is 9.97 Å². The van der Waals surface area contributed by atoms with Gasteiger partial charge in [0.2, 0.25) is 0 Å². The highest BCUT2D eigenvalue weighted by atomic mass is 15.0. The largest absolute Gasteiger partial charge is 0.387 e. The molecule has 30 heavy (non-hydrogen) atoms. The molecule has 0 aliphatic carbocycles. The standard InChI is InChI=1S/C25H25N5/c1-26-19-14-15-20(27-2)24(28-3)23(19)25-29-21(17-10-6-4-7-11-17)16-22(30-25)18-12-8-5-9-13-18/h4-16,26-28H,1-3H3. The molecule has 150 valence electrons. The molecular weight excluding hydrogens is 370 g/mol. The average Bonchev–Trinajstić information content (AvgIpc) is 2.83. The fraction of sp³-hybridized carbons (Fsp3) is 0.120. The zero-order valence-corrected chi connectivity index (χ0v) is 17.4. The van der Waals surface area contributed by atoms with Gasteiger partial charge in [-0.05, 0) is 18.2 Å². The lowest BCUT2D eigenvalue weighted by atomic mass is 10.0. The van der Waals surface area contributed by atoms with Gasteiger partial charge in [-0.1, -0.05) is 60.7 Å². The van der Waals surface area contributed by atoms with Crippen molar-refractivity contribution in [3.63, 3.8) is 0 Å². The summed E-state index contributed by atoms with van der Waals surface area (Å²) in [6.07, 6.45) is 0. The van der Waals surface area contributed by atoms with Crippen LogP contribution in [0.15, 0.2) is 78.9 Å². The second-order valence-electron chi connectivity index (χ2n) is 6.85. The van der Waals surface area contributed by atoms with E-state index in [1.807, 2.05) is 75.7 Å². The Labute approximate surface area is 177 Å². The molecule has 0 aliphatic rings. The van der Waals surface area contributed by atoms with Gasteiger partial charge >= 0.3 is 0 Å². The van der Waals surface area contributed by atoms with Gasteiger partial charge in [-0.2, -0.15) is 0 Å². The average molecular weight is 396 g/mol. The summed E-state index contributed by atoms with van der Waals surface area (Å²) in [5.41, 5.74) is 7.72. The zero-order valence-electron chi connectivity index (χ0n) is 17.4. The van der Waals surface area contributed by atoms with Crippen molar-refractivity contribution in [2.24, 2.45) is 0 Å². The number of aromatic nitrogens is 2. The predicted molar refractivity (Wildman–Crippen MR) is 127 cm³/mol. The van der Waals surface area contributed by atoms with Gasteiger partial charge in [0.15, 0.2) is 5.82 Å². The highest BCUT2D eigenvalue weighted by molar-refractivity contribution is 5.93. The van der Waals surface area contributed by atoms with Crippen molar-refractivity contribution in [2.45, 2.75) is 0 Å². The summed E-state index contributed by atoms with van der Waals surface area (Å²) in [4.78, 5) is 9.95. The van der Waals surface area contributed by atoms with E-state index in [9.17, 15) is 0 Å². The SMILES string of the molecule is CNc1ccc(NC)c(-c2nc(-c3ccccc3)cc(-c3ccccc3)n2)c1NC. The van der Waals surface area contributed by atoms with Gasteiger partial charge in [0.05, 0.1) is 28.3 Å². The van der Waals surface area contributed by atoms with Crippen LogP contribution in [0.1, 0.15) is 0 Å². The van der Waals surface area contributed by atoms with Crippen LogP contribution in [0.25, 0.3) is 33.9 Å². The summed E-state index contributed by atoms with van der Waals surface area (Å²) in [5.74, 6) is 0.668. The van der Waals surface area contributed by atoms with E-state index in [1.165, 1.54) is 0 Å². The molecule has 4 rings (SSSR count). The smallest absolute Gasteiger partial charge is 0.164 e. The van der Waals surface area contributed by atoms with Crippen molar-refractivity contribution in [2.75, 3.05) is 37.1 Å². The van der Waals surface area contributed by atoms with Crippen molar-refractivity contribution < 1.29 is 0 Å². The first kappa shape index (κ1) is 19.5. The summed E-state index contributed by atoms with van der Waals surface area (Å²) in [5, 5.41) is 9.87. The number of hydrogen-bond acceptors (Lipinski definition) is 5. The van der Waals surface area contributed by atoms with E-state index < -0.39 is 0 Å². The second-order valence-corrected chi connectivity index (χ2v) is 6.85. The van der Waals surface area contributed by atoms with E-state index in [4.69, 9.17) is 9.97 Å².